The fraction of sp³-hybridized carbons (Fsp3) is 0.211. The van der Waals surface area contributed by atoms with Crippen LogP contribution in [0.2, 0.25) is 0 Å². The Balaban J connectivity index is 0.00000176. The fourth-order valence-electron chi connectivity index (χ4n) is 2.77. The minimum absolute atomic E-state index is 0. The molecule has 114 valence electrons. The molecule has 0 aliphatic carbocycles. The molecule has 1 aromatic heterocycles. The van der Waals surface area contributed by atoms with Gasteiger partial charge in [-0.15, -0.1) is 12.4 Å². The van der Waals surface area contributed by atoms with Gasteiger partial charge >= 0.3 is 0 Å². The maximum atomic E-state index is 4.08. The summed E-state index contributed by atoms with van der Waals surface area (Å²) in [6.07, 6.45) is 3.71. The molecular weight excluding hydrogens is 292 g/mol. The van der Waals surface area contributed by atoms with Crippen LogP contribution in [0, 0.1) is 0 Å². The van der Waals surface area contributed by atoms with Gasteiger partial charge in [0.1, 0.15) is 0 Å². The number of aromatic nitrogens is 1. The smallest absolute Gasteiger partial charge is 0.0326 e. The van der Waals surface area contributed by atoms with Gasteiger partial charge in [-0.3, -0.25) is 9.88 Å². The third-order valence-electron chi connectivity index (χ3n) is 4.12. The molecule has 0 unspecified atom stereocenters. The van der Waals surface area contributed by atoms with Gasteiger partial charge in [0.15, 0.2) is 0 Å². The monoisotopic (exact) mass is 312 g/mol. The minimum atomic E-state index is 0. The normalized spacial score (nSPS) is 12.1. The molecule has 3 aromatic rings. The highest BCUT2D eigenvalue weighted by Gasteiger charge is 2.14. The van der Waals surface area contributed by atoms with Gasteiger partial charge in [0, 0.05) is 25.0 Å². The Morgan fingerprint density at radius 1 is 0.955 bits per heavy atom. The van der Waals surface area contributed by atoms with Crippen LogP contribution in [-0.4, -0.2) is 16.9 Å². The Kier molecular flexibility index (Phi) is 5.53. The second-order valence-electron chi connectivity index (χ2n) is 5.51. The van der Waals surface area contributed by atoms with Gasteiger partial charge < -0.3 is 0 Å². The molecule has 0 fully saturated rings. The molecule has 1 atom stereocenters. The maximum Gasteiger partial charge on any atom is 0.0326 e. The molecule has 0 amide bonds. The Labute approximate surface area is 138 Å². The lowest BCUT2D eigenvalue weighted by atomic mass is 9.99. The van der Waals surface area contributed by atoms with Gasteiger partial charge in [-0.25, -0.2) is 0 Å². The van der Waals surface area contributed by atoms with E-state index in [1.807, 2.05) is 12.4 Å². The number of nitrogens with zero attached hydrogens (tertiary/aromatic N) is 2. The van der Waals surface area contributed by atoms with E-state index in [0.29, 0.717) is 6.04 Å². The van der Waals surface area contributed by atoms with Crippen LogP contribution in [0.25, 0.3) is 10.8 Å². The maximum absolute atomic E-state index is 4.08. The topological polar surface area (TPSA) is 16.1 Å². The highest BCUT2D eigenvalue weighted by atomic mass is 35.5. The van der Waals surface area contributed by atoms with Crippen molar-refractivity contribution in [1.82, 2.24) is 9.88 Å². The number of rotatable bonds is 4. The lowest BCUT2D eigenvalue weighted by molar-refractivity contribution is 0.254. The van der Waals surface area contributed by atoms with Crippen LogP contribution in [0.3, 0.4) is 0 Å². The highest BCUT2D eigenvalue weighted by Crippen LogP contribution is 2.28. The standard InChI is InChI=1S/C19H20N2.ClH/c1-15(21(2)14-16-10-12-20-13-11-16)18-9-5-7-17-6-3-4-8-19(17)18;/h3-13,15H,14H2,1-2H3;1H/t15-;/m1./s1. The number of benzene rings is 2. The van der Waals surface area contributed by atoms with Crippen molar-refractivity contribution < 1.29 is 0 Å². The van der Waals surface area contributed by atoms with E-state index < -0.39 is 0 Å². The predicted octanol–water partition coefficient (Wildman–Crippen LogP) is 4.85. The van der Waals surface area contributed by atoms with Crippen molar-refractivity contribution in [2.75, 3.05) is 7.05 Å². The van der Waals surface area contributed by atoms with E-state index in [2.05, 4.69) is 78.5 Å². The number of pyridine rings is 1. The number of halogens is 1. The van der Waals surface area contributed by atoms with Crippen LogP contribution in [0.1, 0.15) is 24.1 Å². The molecular formula is C19H21ClN2. The average Bonchev–Trinajstić information content (AvgIpc) is 2.54. The van der Waals surface area contributed by atoms with Crippen LogP contribution in [0.15, 0.2) is 67.0 Å². The first-order valence-corrected chi connectivity index (χ1v) is 7.32. The van der Waals surface area contributed by atoms with Crippen LogP contribution < -0.4 is 0 Å². The van der Waals surface area contributed by atoms with Gasteiger partial charge in [-0.05, 0) is 48.0 Å². The summed E-state index contributed by atoms with van der Waals surface area (Å²) in [7, 11) is 2.17. The number of hydrogen-bond acceptors (Lipinski definition) is 2. The Hall–Kier alpha value is -1.90. The fourth-order valence-corrected chi connectivity index (χ4v) is 2.77. The molecule has 0 saturated carbocycles. The molecule has 0 aliphatic rings. The van der Waals surface area contributed by atoms with Crippen molar-refractivity contribution in [3.05, 3.63) is 78.1 Å². The molecule has 3 rings (SSSR count). The van der Waals surface area contributed by atoms with Gasteiger partial charge in [0.25, 0.3) is 0 Å². The zero-order valence-electron chi connectivity index (χ0n) is 12.9. The first-order valence-electron chi connectivity index (χ1n) is 7.32. The van der Waals surface area contributed by atoms with Gasteiger partial charge in [0.05, 0.1) is 0 Å². The Morgan fingerprint density at radius 2 is 1.64 bits per heavy atom. The summed E-state index contributed by atoms with van der Waals surface area (Å²) < 4.78 is 0. The third-order valence-corrected chi connectivity index (χ3v) is 4.12. The average molecular weight is 313 g/mol. The first kappa shape index (κ1) is 16.5. The summed E-state index contributed by atoms with van der Waals surface area (Å²) in [5.41, 5.74) is 2.67. The molecule has 0 N–H and O–H groups in total. The summed E-state index contributed by atoms with van der Waals surface area (Å²) in [6, 6.07) is 19.7. The highest BCUT2D eigenvalue weighted by molar-refractivity contribution is 5.86. The van der Waals surface area contributed by atoms with Gasteiger partial charge in [-0.2, -0.15) is 0 Å². The van der Waals surface area contributed by atoms with E-state index >= 15 is 0 Å². The second kappa shape index (κ2) is 7.39. The predicted molar refractivity (Wildman–Crippen MR) is 95.3 cm³/mol. The SMILES string of the molecule is C[C@H](c1cccc2ccccc12)N(C)Cc1ccncc1.Cl. The molecule has 3 heteroatoms. The van der Waals surface area contributed by atoms with Crippen LogP contribution in [0.4, 0.5) is 0 Å². The zero-order chi connectivity index (χ0) is 14.7. The number of hydrogen-bond donors (Lipinski definition) is 0. The lowest BCUT2D eigenvalue weighted by Gasteiger charge is -2.26. The molecule has 0 radical (unpaired) electrons. The molecule has 0 aliphatic heterocycles. The lowest BCUT2D eigenvalue weighted by Crippen LogP contribution is -2.22. The molecule has 2 nitrogen and oxygen atoms in total. The summed E-state index contributed by atoms with van der Waals surface area (Å²) in [4.78, 5) is 6.45. The minimum Gasteiger partial charge on any atom is -0.295 e. The molecule has 2 aromatic carbocycles. The van der Waals surface area contributed by atoms with Crippen LogP contribution >= 0.6 is 12.4 Å². The van der Waals surface area contributed by atoms with Crippen molar-refractivity contribution in [3.8, 4) is 0 Å². The van der Waals surface area contributed by atoms with E-state index in [4.69, 9.17) is 0 Å². The largest absolute Gasteiger partial charge is 0.295 e. The van der Waals surface area contributed by atoms with Crippen molar-refractivity contribution >= 4 is 23.2 Å². The van der Waals surface area contributed by atoms with Crippen LogP contribution in [0.5, 0.6) is 0 Å². The van der Waals surface area contributed by atoms with Crippen molar-refractivity contribution in [3.63, 3.8) is 0 Å². The third kappa shape index (κ3) is 3.46. The molecule has 22 heavy (non-hydrogen) atoms. The first-order chi connectivity index (χ1) is 10.3. The van der Waals surface area contributed by atoms with E-state index in [1.54, 1.807) is 0 Å². The molecule has 0 saturated heterocycles. The van der Waals surface area contributed by atoms with E-state index in [-0.39, 0.29) is 12.4 Å². The Morgan fingerprint density at radius 3 is 2.41 bits per heavy atom. The summed E-state index contributed by atoms with van der Waals surface area (Å²) in [5, 5.41) is 2.65. The van der Waals surface area contributed by atoms with Crippen LogP contribution in [-0.2, 0) is 6.54 Å². The van der Waals surface area contributed by atoms with Crippen molar-refractivity contribution in [1.29, 1.82) is 0 Å². The summed E-state index contributed by atoms with van der Waals surface area (Å²) in [5.74, 6) is 0. The zero-order valence-corrected chi connectivity index (χ0v) is 13.8. The van der Waals surface area contributed by atoms with E-state index in [9.17, 15) is 0 Å². The van der Waals surface area contributed by atoms with Gasteiger partial charge in [-0.1, -0.05) is 42.5 Å². The number of fused-ring (bicyclic) bond motifs is 1. The quantitative estimate of drug-likeness (QED) is 0.684. The van der Waals surface area contributed by atoms with E-state index in [0.717, 1.165) is 6.54 Å². The Bertz CT molecular complexity index is 722. The summed E-state index contributed by atoms with van der Waals surface area (Å²) >= 11 is 0. The molecule has 0 bridgehead atoms. The van der Waals surface area contributed by atoms with Crippen molar-refractivity contribution in [2.24, 2.45) is 0 Å². The van der Waals surface area contributed by atoms with Gasteiger partial charge in [0.2, 0.25) is 0 Å². The second-order valence-corrected chi connectivity index (χ2v) is 5.51. The van der Waals surface area contributed by atoms with Crippen molar-refractivity contribution in [2.45, 2.75) is 19.5 Å². The van der Waals surface area contributed by atoms with E-state index in [1.165, 1.54) is 21.9 Å². The summed E-state index contributed by atoms with van der Waals surface area (Å²) in [6.45, 7) is 3.19. The molecule has 1 heterocycles. The molecule has 0 spiro atoms.